The lowest BCUT2D eigenvalue weighted by Gasteiger charge is -2.05. The fraction of sp³-hybridized carbons (Fsp3) is 0.111. The van der Waals surface area contributed by atoms with Gasteiger partial charge in [-0.1, -0.05) is 18.2 Å². The van der Waals surface area contributed by atoms with Crippen LogP contribution in [0, 0.1) is 5.82 Å². The van der Waals surface area contributed by atoms with E-state index in [-0.39, 0.29) is 11.7 Å². The predicted octanol–water partition coefficient (Wildman–Crippen LogP) is 3.33. The number of ether oxygens (including phenoxy) is 1. The maximum absolute atomic E-state index is 13.2. The van der Waals surface area contributed by atoms with Crippen LogP contribution in [0.25, 0.3) is 0 Å². The molecule has 0 bridgehead atoms. The van der Waals surface area contributed by atoms with Crippen molar-refractivity contribution in [1.82, 2.24) is 9.78 Å². The Morgan fingerprint density at radius 3 is 2.83 bits per heavy atom. The molecule has 0 spiro atoms. The zero-order valence-electron chi connectivity index (χ0n) is 13.1. The number of nitrogens with one attached hydrogen (secondary N) is 1. The normalized spacial score (nSPS) is 10.4. The van der Waals surface area contributed by atoms with E-state index in [0.29, 0.717) is 23.7 Å². The molecule has 5 nitrogen and oxygen atoms in total. The summed E-state index contributed by atoms with van der Waals surface area (Å²) in [6.07, 6.45) is 1.73. The lowest BCUT2D eigenvalue weighted by molar-refractivity contribution is 0.102. The van der Waals surface area contributed by atoms with E-state index in [4.69, 9.17) is 4.74 Å². The maximum Gasteiger partial charge on any atom is 0.256 e. The largest absolute Gasteiger partial charge is 0.497 e. The molecule has 0 aliphatic heterocycles. The first-order valence-electron chi connectivity index (χ1n) is 7.37. The molecule has 1 heterocycles. The summed E-state index contributed by atoms with van der Waals surface area (Å²) in [7, 11) is 1.55. The van der Waals surface area contributed by atoms with Gasteiger partial charge in [0.2, 0.25) is 0 Å². The van der Waals surface area contributed by atoms with Crippen molar-refractivity contribution in [3.05, 3.63) is 77.7 Å². The maximum atomic E-state index is 13.2. The molecule has 0 unspecified atom stereocenters. The first kappa shape index (κ1) is 15.7. The van der Waals surface area contributed by atoms with Crippen LogP contribution >= 0.6 is 0 Å². The van der Waals surface area contributed by atoms with Crippen molar-refractivity contribution in [1.29, 1.82) is 0 Å². The number of amides is 1. The number of aromatic nitrogens is 2. The molecule has 1 aromatic heterocycles. The zero-order valence-corrected chi connectivity index (χ0v) is 13.1. The Balaban J connectivity index is 1.68. The van der Waals surface area contributed by atoms with Gasteiger partial charge in [-0.25, -0.2) is 4.39 Å². The third-order valence-electron chi connectivity index (χ3n) is 3.45. The van der Waals surface area contributed by atoms with Crippen LogP contribution in [0.4, 0.5) is 10.2 Å². The van der Waals surface area contributed by atoms with Crippen molar-refractivity contribution >= 4 is 11.7 Å². The smallest absolute Gasteiger partial charge is 0.256 e. The second-order valence-corrected chi connectivity index (χ2v) is 5.21. The second-order valence-electron chi connectivity index (χ2n) is 5.21. The average Bonchev–Trinajstić information content (AvgIpc) is 3.01. The number of hydrogen-bond donors (Lipinski definition) is 1. The highest BCUT2D eigenvalue weighted by molar-refractivity contribution is 6.03. The van der Waals surface area contributed by atoms with Gasteiger partial charge in [-0.3, -0.25) is 9.48 Å². The lowest BCUT2D eigenvalue weighted by Crippen LogP contribution is -2.13. The molecule has 0 saturated heterocycles. The zero-order chi connectivity index (χ0) is 16.9. The van der Waals surface area contributed by atoms with E-state index in [0.717, 1.165) is 5.56 Å². The number of carbonyl (C=O) groups is 1. The third kappa shape index (κ3) is 3.78. The van der Waals surface area contributed by atoms with Crippen LogP contribution < -0.4 is 10.1 Å². The van der Waals surface area contributed by atoms with Crippen molar-refractivity contribution in [2.45, 2.75) is 6.54 Å². The van der Waals surface area contributed by atoms with Crippen LogP contribution in [0.2, 0.25) is 0 Å². The molecule has 0 radical (unpaired) electrons. The summed E-state index contributed by atoms with van der Waals surface area (Å²) in [6, 6.07) is 14.9. The number of halogens is 1. The molecule has 0 aliphatic rings. The van der Waals surface area contributed by atoms with Crippen LogP contribution in [0.5, 0.6) is 5.75 Å². The summed E-state index contributed by atoms with van der Waals surface area (Å²) < 4.78 is 19.9. The molecule has 1 N–H and O–H groups in total. The van der Waals surface area contributed by atoms with Gasteiger partial charge in [0, 0.05) is 17.8 Å². The molecule has 2 aromatic carbocycles. The summed E-state index contributed by atoms with van der Waals surface area (Å²) in [5, 5.41) is 7.00. The highest BCUT2D eigenvalue weighted by Crippen LogP contribution is 2.14. The average molecular weight is 325 g/mol. The van der Waals surface area contributed by atoms with E-state index in [1.165, 1.54) is 12.1 Å². The number of methoxy groups -OCH3 is 1. The van der Waals surface area contributed by atoms with Crippen LogP contribution in [0.1, 0.15) is 15.9 Å². The van der Waals surface area contributed by atoms with Gasteiger partial charge >= 0.3 is 0 Å². The predicted molar refractivity (Wildman–Crippen MR) is 88.7 cm³/mol. The van der Waals surface area contributed by atoms with Crippen molar-refractivity contribution in [2.75, 3.05) is 12.4 Å². The van der Waals surface area contributed by atoms with Gasteiger partial charge in [0.15, 0.2) is 5.82 Å². The molecule has 0 atom stereocenters. The Hall–Kier alpha value is -3.15. The summed E-state index contributed by atoms with van der Waals surface area (Å²) >= 11 is 0. The number of anilines is 1. The molecule has 6 heteroatoms. The Kier molecular flexibility index (Phi) is 4.56. The molecule has 3 rings (SSSR count). The number of benzene rings is 2. The first-order chi connectivity index (χ1) is 11.6. The van der Waals surface area contributed by atoms with E-state index < -0.39 is 0 Å². The van der Waals surface area contributed by atoms with Gasteiger partial charge in [-0.2, -0.15) is 5.10 Å². The fourth-order valence-corrected chi connectivity index (χ4v) is 2.29. The van der Waals surface area contributed by atoms with Gasteiger partial charge in [-0.05, 0) is 35.9 Å². The first-order valence-corrected chi connectivity index (χ1v) is 7.37. The molecule has 122 valence electrons. The van der Waals surface area contributed by atoms with E-state index in [9.17, 15) is 9.18 Å². The summed E-state index contributed by atoms with van der Waals surface area (Å²) in [5.41, 5.74) is 1.28. The molecular weight excluding hydrogens is 309 g/mol. The van der Waals surface area contributed by atoms with Gasteiger partial charge in [0.25, 0.3) is 5.91 Å². The summed E-state index contributed by atoms with van der Waals surface area (Å²) in [6.45, 7) is 0.423. The number of rotatable bonds is 5. The minimum atomic E-state index is -0.286. The Morgan fingerprint density at radius 2 is 2.04 bits per heavy atom. The Labute approximate surface area is 138 Å². The van der Waals surface area contributed by atoms with Gasteiger partial charge in [0.1, 0.15) is 11.6 Å². The van der Waals surface area contributed by atoms with Crippen LogP contribution in [0.15, 0.2) is 60.8 Å². The Bertz CT molecular complexity index is 861. The van der Waals surface area contributed by atoms with Crippen molar-refractivity contribution < 1.29 is 13.9 Å². The second kappa shape index (κ2) is 6.95. The highest BCUT2D eigenvalue weighted by atomic mass is 19.1. The molecule has 3 aromatic rings. The van der Waals surface area contributed by atoms with E-state index in [1.807, 2.05) is 6.07 Å². The minimum Gasteiger partial charge on any atom is -0.497 e. The van der Waals surface area contributed by atoms with E-state index >= 15 is 0 Å². The molecule has 0 saturated carbocycles. The van der Waals surface area contributed by atoms with Crippen molar-refractivity contribution in [3.8, 4) is 5.75 Å². The van der Waals surface area contributed by atoms with Crippen molar-refractivity contribution in [3.63, 3.8) is 0 Å². The standard InChI is InChI=1S/C18H16FN3O2/c1-24-16-7-3-5-14(11-16)18(23)20-17-8-9-22(21-17)12-13-4-2-6-15(19)10-13/h2-11H,12H2,1H3,(H,20,21,23). The van der Waals surface area contributed by atoms with Crippen LogP contribution in [0.3, 0.4) is 0 Å². The number of hydrogen-bond acceptors (Lipinski definition) is 3. The summed E-state index contributed by atoms with van der Waals surface area (Å²) in [5.74, 6) is 0.481. The van der Waals surface area contributed by atoms with Gasteiger partial charge in [-0.15, -0.1) is 0 Å². The SMILES string of the molecule is COc1cccc(C(=O)Nc2ccn(Cc3cccc(F)c3)n2)c1. The minimum absolute atomic E-state index is 0.273. The number of nitrogens with zero attached hydrogens (tertiary/aromatic N) is 2. The number of carbonyl (C=O) groups excluding carboxylic acids is 1. The lowest BCUT2D eigenvalue weighted by atomic mass is 10.2. The molecule has 1 amide bonds. The third-order valence-corrected chi connectivity index (χ3v) is 3.45. The molecule has 24 heavy (non-hydrogen) atoms. The van der Waals surface area contributed by atoms with Crippen LogP contribution in [-0.4, -0.2) is 22.8 Å². The van der Waals surface area contributed by atoms with Crippen LogP contribution in [-0.2, 0) is 6.54 Å². The quantitative estimate of drug-likeness (QED) is 0.783. The van der Waals surface area contributed by atoms with E-state index in [2.05, 4.69) is 10.4 Å². The summed E-state index contributed by atoms with van der Waals surface area (Å²) in [4.78, 5) is 12.2. The van der Waals surface area contributed by atoms with Gasteiger partial charge in [0.05, 0.1) is 13.7 Å². The molecular formula is C18H16FN3O2. The van der Waals surface area contributed by atoms with Gasteiger partial charge < -0.3 is 10.1 Å². The molecule has 0 aliphatic carbocycles. The topological polar surface area (TPSA) is 56.1 Å². The van der Waals surface area contributed by atoms with E-state index in [1.54, 1.807) is 54.4 Å². The fourth-order valence-electron chi connectivity index (χ4n) is 2.29. The Morgan fingerprint density at radius 1 is 1.21 bits per heavy atom. The van der Waals surface area contributed by atoms with Crippen molar-refractivity contribution in [2.24, 2.45) is 0 Å². The highest BCUT2D eigenvalue weighted by Gasteiger charge is 2.09. The monoisotopic (exact) mass is 325 g/mol. The molecule has 0 fully saturated rings.